The van der Waals surface area contributed by atoms with E-state index in [9.17, 15) is 4.79 Å². The van der Waals surface area contributed by atoms with Crippen molar-refractivity contribution in [1.82, 2.24) is 25.5 Å². The van der Waals surface area contributed by atoms with E-state index in [2.05, 4.69) is 25.5 Å². The number of aromatic nitrogens is 4. The van der Waals surface area contributed by atoms with E-state index in [-0.39, 0.29) is 17.2 Å². The molecule has 1 aromatic carbocycles. The molecule has 0 atom stereocenters. The van der Waals surface area contributed by atoms with Crippen LogP contribution in [-0.4, -0.2) is 44.5 Å². The Labute approximate surface area is 143 Å². The number of benzene rings is 1. The highest BCUT2D eigenvalue weighted by atomic mass is 32.2. The largest absolute Gasteiger partial charge is 0.497 e. The molecule has 0 aliphatic carbocycles. The monoisotopic (exact) mass is 345 g/mol. The van der Waals surface area contributed by atoms with Crippen LogP contribution in [0.2, 0.25) is 0 Å². The van der Waals surface area contributed by atoms with Gasteiger partial charge in [-0.25, -0.2) is 4.98 Å². The summed E-state index contributed by atoms with van der Waals surface area (Å²) in [6, 6.07) is 5.69. The third kappa shape index (κ3) is 3.59. The lowest BCUT2D eigenvalue weighted by atomic mass is 10.1. The van der Waals surface area contributed by atoms with E-state index in [0.29, 0.717) is 16.3 Å². The topological polar surface area (TPSA) is 92.8 Å². The van der Waals surface area contributed by atoms with Crippen molar-refractivity contribution in [2.75, 3.05) is 12.9 Å². The Morgan fingerprint density at radius 2 is 2.12 bits per heavy atom. The number of nitrogens with one attached hydrogen (secondary N) is 2. The summed E-state index contributed by atoms with van der Waals surface area (Å²) in [5.74, 6) is 0.943. The number of carbonyl (C=O) groups excluding carboxylic acids is 1. The molecular formula is C16H19N5O2S. The van der Waals surface area contributed by atoms with Crippen LogP contribution in [0.5, 0.6) is 5.75 Å². The van der Waals surface area contributed by atoms with Gasteiger partial charge in [0, 0.05) is 16.4 Å². The van der Waals surface area contributed by atoms with Crippen LogP contribution in [0.15, 0.2) is 23.4 Å². The molecule has 0 aliphatic rings. The lowest BCUT2D eigenvalue weighted by Gasteiger charge is -2.20. The summed E-state index contributed by atoms with van der Waals surface area (Å²) in [5, 5.41) is 12.6. The maximum Gasteiger partial charge on any atom is 0.230 e. The zero-order valence-electron chi connectivity index (χ0n) is 14.0. The third-order valence-corrected chi connectivity index (χ3v) is 4.09. The fraction of sp³-hybridized carbons (Fsp3) is 0.375. The van der Waals surface area contributed by atoms with E-state index in [4.69, 9.17) is 4.74 Å². The Kier molecular flexibility index (Phi) is 4.31. The molecule has 2 N–H and O–H groups in total. The van der Waals surface area contributed by atoms with Crippen LogP contribution in [0.1, 0.15) is 20.8 Å². The molecule has 3 rings (SSSR count). The van der Waals surface area contributed by atoms with Gasteiger partial charge in [0.2, 0.25) is 11.1 Å². The number of amides is 1. The molecule has 0 fully saturated rings. The molecule has 0 saturated carbocycles. The van der Waals surface area contributed by atoms with Crippen molar-refractivity contribution in [3.63, 3.8) is 0 Å². The fourth-order valence-electron chi connectivity index (χ4n) is 2.31. The van der Waals surface area contributed by atoms with Crippen molar-refractivity contribution in [2.24, 2.45) is 0 Å². The predicted molar refractivity (Wildman–Crippen MR) is 94.4 cm³/mol. The minimum atomic E-state index is -0.253. The van der Waals surface area contributed by atoms with Crippen LogP contribution in [0.3, 0.4) is 0 Å². The first kappa shape index (κ1) is 16.5. The van der Waals surface area contributed by atoms with Gasteiger partial charge in [-0.1, -0.05) is 11.8 Å². The predicted octanol–water partition coefficient (Wildman–Crippen LogP) is 2.52. The molecular weight excluding hydrogens is 326 g/mol. The number of fused-ring (bicyclic) bond motifs is 3. The number of hydrogen-bond acceptors (Lipinski definition) is 6. The van der Waals surface area contributed by atoms with E-state index >= 15 is 0 Å². The first-order valence-corrected chi connectivity index (χ1v) is 8.48. The molecule has 7 nitrogen and oxygen atoms in total. The van der Waals surface area contributed by atoms with Crippen molar-refractivity contribution in [1.29, 1.82) is 0 Å². The van der Waals surface area contributed by atoms with Gasteiger partial charge >= 0.3 is 0 Å². The van der Waals surface area contributed by atoms with Crippen molar-refractivity contribution in [3.8, 4) is 5.75 Å². The van der Waals surface area contributed by atoms with Gasteiger partial charge < -0.3 is 15.0 Å². The third-order valence-electron chi connectivity index (χ3n) is 3.25. The highest BCUT2D eigenvalue weighted by molar-refractivity contribution is 7.99. The number of aromatic amines is 1. The summed E-state index contributed by atoms with van der Waals surface area (Å²) in [5.41, 5.74) is 2.00. The standard InChI is InChI=1S/C16H19N5O2S/c1-16(2,3)19-12(22)8-24-15-18-14-13(20-21-15)10-7-9(23-4)5-6-11(10)17-14/h5-7H,8H2,1-4H3,(H,19,22)(H,17,18,21). The van der Waals surface area contributed by atoms with Gasteiger partial charge in [-0.05, 0) is 39.0 Å². The Morgan fingerprint density at radius 3 is 2.83 bits per heavy atom. The molecule has 126 valence electrons. The summed E-state index contributed by atoms with van der Waals surface area (Å²) < 4.78 is 5.24. The molecule has 0 aliphatic heterocycles. The van der Waals surface area contributed by atoms with Crippen LogP contribution in [0, 0.1) is 0 Å². The van der Waals surface area contributed by atoms with Crippen LogP contribution in [-0.2, 0) is 4.79 Å². The number of ether oxygens (including phenoxy) is 1. The molecule has 2 aromatic heterocycles. The fourth-order valence-corrected chi connectivity index (χ4v) is 2.89. The smallest absolute Gasteiger partial charge is 0.230 e. The van der Waals surface area contributed by atoms with E-state index in [1.54, 1.807) is 7.11 Å². The van der Waals surface area contributed by atoms with Gasteiger partial charge in [-0.15, -0.1) is 10.2 Å². The molecule has 0 saturated heterocycles. The number of nitrogens with zero attached hydrogens (tertiary/aromatic N) is 3. The minimum Gasteiger partial charge on any atom is -0.497 e. The molecule has 0 radical (unpaired) electrons. The lowest BCUT2D eigenvalue weighted by molar-refractivity contribution is -0.119. The molecule has 8 heteroatoms. The molecule has 1 amide bonds. The summed E-state index contributed by atoms with van der Waals surface area (Å²) in [4.78, 5) is 19.5. The van der Waals surface area contributed by atoms with Crippen molar-refractivity contribution < 1.29 is 9.53 Å². The molecule has 3 aromatic rings. The highest BCUT2D eigenvalue weighted by Gasteiger charge is 2.15. The average molecular weight is 345 g/mol. The number of methoxy groups -OCH3 is 1. The van der Waals surface area contributed by atoms with Crippen molar-refractivity contribution in [3.05, 3.63) is 18.2 Å². The first-order valence-electron chi connectivity index (χ1n) is 7.50. The van der Waals surface area contributed by atoms with Gasteiger partial charge in [0.25, 0.3) is 0 Å². The summed E-state index contributed by atoms with van der Waals surface area (Å²) >= 11 is 1.26. The van der Waals surface area contributed by atoms with E-state index in [0.717, 1.165) is 16.7 Å². The van der Waals surface area contributed by atoms with Gasteiger partial charge in [0.1, 0.15) is 11.3 Å². The van der Waals surface area contributed by atoms with Crippen LogP contribution < -0.4 is 10.1 Å². The maximum absolute atomic E-state index is 11.9. The number of hydrogen-bond donors (Lipinski definition) is 2. The van der Waals surface area contributed by atoms with E-state index < -0.39 is 0 Å². The van der Waals surface area contributed by atoms with E-state index in [1.165, 1.54) is 11.8 Å². The highest BCUT2D eigenvalue weighted by Crippen LogP contribution is 2.27. The molecule has 24 heavy (non-hydrogen) atoms. The minimum absolute atomic E-state index is 0.0578. The van der Waals surface area contributed by atoms with Gasteiger partial charge in [0.05, 0.1) is 12.9 Å². The maximum atomic E-state index is 11.9. The summed E-state index contributed by atoms with van der Waals surface area (Å²) in [7, 11) is 1.62. The SMILES string of the molecule is COc1ccc2[nH]c3nc(SCC(=O)NC(C)(C)C)nnc3c2c1. The van der Waals surface area contributed by atoms with Crippen LogP contribution in [0.4, 0.5) is 0 Å². The Hall–Kier alpha value is -2.35. The number of H-pyrrole nitrogens is 1. The Bertz CT molecular complexity index is 900. The quantitative estimate of drug-likeness (QED) is 0.706. The second kappa shape index (κ2) is 6.27. The molecule has 2 heterocycles. The van der Waals surface area contributed by atoms with Gasteiger partial charge in [-0.2, -0.15) is 0 Å². The molecule has 0 unspecified atom stereocenters. The summed E-state index contributed by atoms with van der Waals surface area (Å²) in [6.07, 6.45) is 0. The van der Waals surface area contributed by atoms with Gasteiger partial charge in [0.15, 0.2) is 5.65 Å². The molecule has 0 bridgehead atoms. The van der Waals surface area contributed by atoms with Crippen molar-refractivity contribution >= 4 is 39.7 Å². The normalized spacial score (nSPS) is 11.8. The number of carbonyl (C=O) groups is 1. The van der Waals surface area contributed by atoms with E-state index in [1.807, 2.05) is 39.0 Å². The zero-order chi connectivity index (χ0) is 17.3. The second-order valence-corrected chi connectivity index (χ2v) is 7.36. The number of rotatable bonds is 4. The van der Waals surface area contributed by atoms with Crippen LogP contribution >= 0.6 is 11.8 Å². The average Bonchev–Trinajstić information content (AvgIpc) is 2.88. The summed E-state index contributed by atoms with van der Waals surface area (Å²) in [6.45, 7) is 5.83. The Morgan fingerprint density at radius 1 is 1.33 bits per heavy atom. The first-order chi connectivity index (χ1) is 11.4. The van der Waals surface area contributed by atoms with Crippen molar-refractivity contribution in [2.45, 2.75) is 31.5 Å². The lowest BCUT2D eigenvalue weighted by Crippen LogP contribution is -2.41. The Balaban J connectivity index is 1.81. The zero-order valence-corrected chi connectivity index (χ0v) is 14.8. The molecule has 0 spiro atoms. The second-order valence-electron chi connectivity index (χ2n) is 6.41. The number of thioether (sulfide) groups is 1. The van der Waals surface area contributed by atoms with Crippen LogP contribution in [0.25, 0.3) is 22.1 Å². The van der Waals surface area contributed by atoms with Gasteiger partial charge in [-0.3, -0.25) is 4.79 Å².